The van der Waals surface area contributed by atoms with E-state index < -0.39 is 17.8 Å². The second kappa shape index (κ2) is 8.24. The van der Waals surface area contributed by atoms with Crippen LogP contribution in [0.2, 0.25) is 0 Å². The highest BCUT2D eigenvalue weighted by Crippen LogP contribution is 2.38. The van der Waals surface area contributed by atoms with Crippen LogP contribution in [0.4, 0.5) is 16.2 Å². The van der Waals surface area contributed by atoms with Crippen molar-refractivity contribution < 1.29 is 14.4 Å². The van der Waals surface area contributed by atoms with E-state index in [-0.39, 0.29) is 17.8 Å². The molecular formula is C26H28N4O3. The largest absolute Gasteiger partial charge is 0.366 e. The van der Waals surface area contributed by atoms with Gasteiger partial charge in [-0.05, 0) is 74.7 Å². The molecule has 0 spiro atoms. The van der Waals surface area contributed by atoms with Gasteiger partial charge in [0, 0.05) is 24.0 Å². The van der Waals surface area contributed by atoms with Crippen molar-refractivity contribution in [3.8, 4) is 0 Å². The summed E-state index contributed by atoms with van der Waals surface area (Å²) in [5.74, 6) is -0.965. The van der Waals surface area contributed by atoms with E-state index in [0.29, 0.717) is 5.69 Å². The Balaban J connectivity index is 1.51. The summed E-state index contributed by atoms with van der Waals surface area (Å²) in [6.07, 6.45) is 3.86. The molecule has 4 amide bonds. The topological polar surface area (TPSA) is 81.8 Å². The highest BCUT2D eigenvalue weighted by atomic mass is 16.2. The van der Waals surface area contributed by atoms with E-state index in [1.807, 2.05) is 43.3 Å². The van der Waals surface area contributed by atoms with Crippen LogP contribution in [0, 0.1) is 6.92 Å². The maximum atomic E-state index is 12.8. The van der Waals surface area contributed by atoms with Crippen molar-refractivity contribution in [1.29, 1.82) is 0 Å². The van der Waals surface area contributed by atoms with Crippen molar-refractivity contribution in [1.82, 2.24) is 10.2 Å². The van der Waals surface area contributed by atoms with Gasteiger partial charge in [0.05, 0.1) is 5.54 Å². The lowest BCUT2D eigenvalue weighted by Crippen LogP contribution is -2.42. The number of nitrogens with zero attached hydrogens (tertiary/aromatic N) is 2. The summed E-state index contributed by atoms with van der Waals surface area (Å²) in [6, 6.07) is 12.7. The Morgan fingerprint density at radius 3 is 2.61 bits per heavy atom. The van der Waals surface area contributed by atoms with Crippen LogP contribution in [0.5, 0.6) is 0 Å². The molecule has 33 heavy (non-hydrogen) atoms. The minimum absolute atomic E-state index is 0.0913. The Kier molecular flexibility index (Phi) is 5.57. The van der Waals surface area contributed by atoms with Crippen molar-refractivity contribution in [2.45, 2.75) is 33.2 Å². The lowest BCUT2D eigenvalue weighted by Gasteiger charge is -2.40. The Morgan fingerprint density at radius 2 is 1.88 bits per heavy atom. The van der Waals surface area contributed by atoms with Crippen LogP contribution in [0.25, 0.3) is 11.6 Å². The van der Waals surface area contributed by atoms with E-state index in [0.717, 1.165) is 32.9 Å². The number of likely N-dealkylation sites (N-methyl/N-ethyl adjacent to an activating group) is 1. The molecule has 7 nitrogen and oxygen atoms in total. The van der Waals surface area contributed by atoms with Crippen molar-refractivity contribution in [3.63, 3.8) is 0 Å². The first kappa shape index (κ1) is 22.3. The first-order chi connectivity index (χ1) is 15.5. The molecule has 2 aromatic rings. The van der Waals surface area contributed by atoms with Gasteiger partial charge in [-0.2, -0.15) is 0 Å². The fraction of sp³-hybridized carbons (Fsp3) is 0.269. The fourth-order valence-electron chi connectivity index (χ4n) is 4.22. The zero-order valence-electron chi connectivity index (χ0n) is 19.5. The molecule has 1 saturated heterocycles. The van der Waals surface area contributed by atoms with Gasteiger partial charge >= 0.3 is 6.03 Å². The summed E-state index contributed by atoms with van der Waals surface area (Å²) < 4.78 is 0. The van der Waals surface area contributed by atoms with Gasteiger partial charge in [0.1, 0.15) is 12.2 Å². The van der Waals surface area contributed by atoms with E-state index in [4.69, 9.17) is 0 Å². The van der Waals surface area contributed by atoms with Crippen molar-refractivity contribution in [2.24, 2.45) is 0 Å². The average Bonchev–Trinajstić information content (AvgIpc) is 2.99. The maximum Gasteiger partial charge on any atom is 0.329 e. The second-order valence-electron chi connectivity index (χ2n) is 9.11. The quantitative estimate of drug-likeness (QED) is 0.548. The van der Waals surface area contributed by atoms with E-state index in [1.165, 1.54) is 0 Å². The van der Waals surface area contributed by atoms with E-state index in [9.17, 15) is 14.4 Å². The number of hydrogen-bond donors (Lipinski definition) is 2. The number of anilines is 2. The number of hydrogen-bond acceptors (Lipinski definition) is 4. The van der Waals surface area contributed by atoms with Crippen molar-refractivity contribution in [2.75, 3.05) is 23.8 Å². The first-order valence-electron chi connectivity index (χ1n) is 10.8. The van der Waals surface area contributed by atoms with Crippen molar-refractivity contribution in [3.05, 3.63) is 70.9 Å². The minimum atomic E-state index is -0.610. The van der Waals surface area contributed by atoms with Crippen LogP contribution in [-0.2, 0) is 9.59 Å². The monoisotopic (exact) mass is 444 g/mol. The zero-order chi connectivity index (χ0) is 23.9. The van der Waals surface area contributed by atoms with Crippen LogP contribution in [-0.4, -0.2) is 41.9 Å². The fourth-order valence-corrected chi connectivity index (χ4v) is 4.22. The molecule has 4 rings (SSSR count). The van der Waals surface area contributed by atoms with Gasteiger partial charge in [-0.1, -0.05) is 24.3 Å². The van der Waals surface area contributed by atoms with Crippen molar-refractivity contribution >= 4 is 40.9 Å². The Hall–Kier alpha value is -3.87. The molecule has 2 aliphatic heterocycles. The number of fused-ring (bicyclic) bond motifs is 1. The predicted molar refractivity (Wildman–Crippen MR) is 131 cm³/mol. The molecule has 0 atom stereocenters. The Morgan fingerprint density at radius 1 is 1.12 bits per heavy atom. The molecule has 7 heteroatoms. The zero-order valence-corrected chi connectivity index (χ0v) is 19.5. The van der Waals surface area contributed by atoms with Crippen LogP contribution in [0.15, 0.2) is 54.2 Å². The molecule has 0 aliphatic carbocycles. The molecule has 0 radical (unpaired) electrons. The summed E-state index contributed by atoms with van der Waals surface area (Å²) >= 11 is 0. The van der Waals surface area contributed by atoms with Crippen LogP contribution in [0.1, 0.15) is 37.5 Å². The lowest BCUT2D eigenvalue weighted by atomic mass is 9.88. The number of rotatable bonds is 4. The van der Waals surface area contributed by atoms with Gasteiger partial charge < -0.3 is 15.5 Å². The maximum absolute atomic E-state index is 12.8. The predicted octanol–water partition coefficient (Wildman–Crippen LogP) is 4.16. The highest BCUT2D eigenvalue weighted by molar-refractivity contribution is 6.16. The number of amides is 4. The van der Waals surface area contributed by atoms with E-state index in [2.05, 4.69) is 49.4 Å². The third kappa shape index (κ3) is 4.39. The van der Waals surface area contributed by atoms with Crippen LogP contribution < -0.4 is 15.5 Å². The van der Waals surface area contributed by atoms with Gasteiger partial charge in [-0.15, -0.1) is 0 Å². The SMILES string of the molecule is CC1=CC(C)(C)N(C)c2ccc(/C=C3/NC(=O)N(CC(=O)Nc4cccc(C)c4)C3=O)cc21. The molecular weight excluding hydrogens is 416 g/mol. The number of allylic oxidation sites excluding steroid dienone is 1. The number of carbonyl (C=O) groups excluding carboxylic acids is 3. The summed E-state index contributed by atoms with van der Waals surface area (Å²) in [7, 11) is 2.06. The summed E-state index contributed by atoms with van der Waals surface area (Å²) in [6.45, 7) is 7.95. The summed E-state index contributed by atoms with van der Waals surface area (Å²) in [4.78, 5) is 40.7. The van der Waals surface area contributed by atoms with Gasteiger partial charge in [0.2, 0.25) is 5.91 Å². The number of urea groups is 1. The molecule has 170 valence electrons. The average molecular weight is 445 g/mol. The molecule has 2 aromatic carbocycles. The number of benzene rings is 2. The summed E-state index contributed by atoms with van der Waals surface area (Å²) in [5, 5.41) is 5.31. The number of aryl methyl sites for hydroxylation is 1. The van der Waals surface area contributed by atoms with Gasteiger partial charge in [0.25, 0.3) is 5.91 Å². The highest BCUT2D eigenvalue weighted by Gasteiger charge is 2.35. The molecule has 2 heterocycles. The first-order valence-corrected chi connectivity index (χ1v) is 10.8. The van der Waals surface area contributed by atoms with Gasteiger partial charge in [-0.25, -0.2) is 9.69 Å². The Bertz CT molecular complexity index is 1230. The molecule has 2 N–H and O–H groups in total. The van der Waals surface area contributed by atoms with Gasteiger partial charge in [0.15, 0.2) is 0 Å². The van der Waals surface area contributed by atoms with Crippen LogP contribution >= 0.6 is 0 Å². The number of carbonyl (C=O) groups is 3. The third-order valence-corrected chi connectivity index (χ3v) is 6.12. The molecule has 1 fully saturated rings. The number of nitrogens with one attached hydrogen (secondary N) is 2. The molecule has 0 saturated carbocycles. The van der Waals surface area contributed by atoms with E-state index in [1.54, 1.807) is 12.1 Å². The minimum Gasteiger partial charge on any atom is -0.366 e. The molecule has 0 unspecified atom stereocenters. The second-order valence-corrected chi connectivity index (χ2v) is 9.11. The lowest BCUT2D eigenvalue weighted by molar-refractivity contribution is -0.127. The normalized spacial score (nSPS) is 18.2. The van der Waals surface area contributed by atoms with Gasteiger partial charge in [-0.3, -0.25) is 9.59 Å². The smallest absolute Gasteiger partial charge is 0.329 e. The standard InChI is InChI=1S/C26H28N4O3/c1-16-7-6-8-19(11-16)27-23(31)15-30-24(32)21(28-25(30)33)13-18-9-10-22-20(12-18)17(2)14-26(3,4)29(22)5/h6-14H,15H2,1-5H3,(H,27,31)(H,28,33)/b21-13+. The van der Waals surface area contributed by atoms with Crippen LogP contribution in [0.3, 0.4) is 0 Å². The summed E-state index contributed by atoms with van der Waals surface area (Å²) in [5.41, 5.74) is 5.82. The molecule has 0 aromatic heterocycles. The molecule has 2 aliphatic rings. The third-order valence-electron chi connectivity index (χ3n) is 6.12. The Labute approximate surface area is 193 Å². The number of imide groups is 1. The van der Waals surface area contributed by atoms with E-state index >= 15 is 0 Å². The molecule has 0 bridgehead atoms.